The molecule has 182 valence electrons. The van der Waals surface area contributed by atoms with Crippen molar-refractivity contribution in [2.24, 2.45) is 17.6 Å². The molecular weight excluding hydrogens is 428 g/mol. The van der Waals surface area contributed by atoms with Crippen LogP contribution in [0.3, 0.4) is 0 Å². The molecule has 0 spiro atoms. The van der Waals surface area contributed by atoms with Crippen LogP contribution in [0.4, 0.5) is 5.69 Å². The predicted octanol–water partition coefficient (Wildman–Crippen LogP) is 7.02. The minimum absolute atomic E-state index is 0.0273. The number of fused-ring (bicyclic) bond motifs is 1. The third kappa shape index (κ3) is 6.91. The van der Waals surface area contributed by atoms with Gasteiger partial charge in [0.15, 0.2) is 0 Å². The Balaban J connectivity index is 0.00000149. The Labute approximate surface area is 205 Å². The molecule has 2 aromatic rings. The number of hydrogen-bond donors (Lipinski definition) is 1. The van der Waals surface area contributed by atoms with Crippen molar-refractivity contribution in [3.05, 3.63) is 53.6 Å². The summed E-state index contributed by atoms with van der Waals surface area (Å²) in [7, 11) is 0. The first-order valence-corrected chi connectivity index (χ1v) is 13.5. The zero-order valence-corrected chi connectivity index (χ0v) is 21.9. The van der Waals surface area contributed by atoms with Crippen molar-refractivity contribution in [3.63, 3.8) is 0 Å². The molecule has 2 aliphatic heterocycles. The van der Waals surface area contributed by atoms with Crippen LogP contribution in [0.25, 0.3) is 0 Å². The number of benzene rings is 2. The second-order valence-electron chi connectivity index (χ2n) is 9.21. The second-order valence-corrected chi connectivity index (χ2v) is 10.3. The summed E-state index contributed by atoms with van der Waals surface area (Å²) in [5, 5.41) is 0. The molecule has 0 bridgehead atoms. The summed E-state index contributed by atoms with van der Waals surface area (Å²) < 4.78 is 14.3. The van der Waals surface area contributed by atoms with E-state index < -0.39 is 0 Å². The van der Waals surface area contributed by atoms with Gasteiger partial charge in [0, 0.05) is 54.3 Å². The molecule has 0 aromatic heterocycles. The van der Waals surface area contributed by atoms with Gasteiger partial charge in [-0.15, -0.1) is 0 Å². The van der Waals surface area contributed by atoms with Gasteiger partial charge in [-0.2, -0.15) is 0 Å². The molecule has 0 aliphatic carbocycles. The molecule has 2 N–H and O–H groups in total. The second kappa shape index (κ2) is 12.7. The molecule has 2 unspecified atom stereocenters. The summed E-state index contributed by atoms with van der Waals surface area (Å²) in [5.41, 5.74) is 10.4. The van der Waals surface area contributed by atoms with Crippen LogP contribution in [0.2, 0.25) is 0 Å². The molecule has 2 aliphatic rings. The van der Waals surface area contributed by atoms with Crippen LogP contribution < -0.4 is 14.8 Å². The van der Waals surface area contributed by atoms with Gasteiger partial charge in [-0.05, 0) is 73.0 Å². The van der Waals surface area contributed by atoms with E-state index in [1.807, 2.05) is 13.8 Å². The number of rotatable bonds is 7. The fraction of sp³-hybridized carbons (Fsp3) is 0.571. The molecule has 4 nitrogen and oxygen atoms in total. The fourth-order valence-electron chi connectivity index (χ4n) is 4.50. The van der Waals surface area contributed by atoms with Crippen LogP contribution >= 0.6 is 11.9 Å². The maximum absolute atomic E-state index is 6.63. The largest absolute Gasteiger partial charge is 0.490 e. The van der Waals surface area contributed by atoms with E-state index in [2.05, 4.69) is 67.5 Å². The third-order valence-corrected chi connectivity index (χ3v) is 7.36. The Morgan fingerprint density at radius 3 is 2.39 bits per heavy atom. The Hall–Kier alpha value is -1.69. The fourth-order valence-corrected chi connectivity index (χ4v) is 5.66. The first-order valence-electron chi connectivity index (χ1n) is 12.7. The van der Waals surface area contributed by atoms with Gasteiger partial charge in [0.1, 0.15) is 11.9 Å². The Morgan fingerprint density at radius 1 is 1.06 bits per heavy atom. The van der Waals surface area contributed by atoms with Crippen molar-refractivity contribution in [1.29, 1.82) is 0 Å². The molecule has 2 heterocycles. The smallest absolute Gasteiger partial charge is 0.124 e. The van der Waals surface area contributed by atoms with E-state index >= 15 is 0 Å². The van der Waals surface area contributed by atoms with Crippen molar-refractivity contribution >= 4 is 17.6 Å². The lowest BCUT2D eigenvalue weighted by Gasteiger charge is -2.37. The maximum atomic E-state index is 6.63. The number of anilines is 1. The zero-order chi connectivity index (χ0) is 23.8. The van der Waals surface area contributed by atoms with Crippen LogP contribution in [0.5, 0.6) is 5.75 Å². The molecule has 2 atom stereocenters. The number of ether oxygens (including phenoxy) is 2. The van der Waals surface area contributed by atoms with Crippen molar-refractivity contribution in [1.82, 2.24) is 0 Å². The normalized spacial score (nSPS) is 20.5. The predicted molar refractivity (Wildman–Crippen MR) is 141 cm³/mol. The van der Waals surface area contributed by atoms with E-state index in [0.29, 0.717) is 11.8 Å². The topological polar surface area (TPSA) is 47.7 Å². The lowest BCUT2D eigenvalue weighted by molar-refractivity contribution is 0.00725. The van der Waals surface area contributed by atoms with Crippen molar-refractivity contribution in [2.75, 3.05) is 24.1 Å². The van der Waals surface area contributed by atoms with Crippen molar-refractivity contribution < 1.29 is 9.47 Å². The summed E-state index contributed by atoms with van der Waals surface area (Å²) in [4.78, 5) is 1.21. The van der Waals surface area contributed by atoms with Gasteiger partial charge in [-0.3, -0.25) is 0 Å². The lowest BCUT2D eigenvalue weighted by atomic mass is 9.86. The molecular formula is C28H42N2O2S. The van der Waals surface area contributed by atoms with Crippen LogP contribution in [-0.4, -0.2) is 25.9 Å². The molecule has 0 saturated carbocycles. The van der Waals surface area contributed by atoms with E-state index in [1.165, 1.54) is 16.1 Å². The van der Waals surface area contributed by atoms with Gasteiger partial charge < -0.3 is 19.5 Å². The summed E-state index contributed by atoms with van der Waals surface area (Å²) >= 11 is 1.79. The van der Waals surface area contributed by atoms with Crippen LogP contribution in [0, 0.1) is 11.8 Å². The van der Waals surface area contributed by atoms with E-state index in [0.717, 1.165) is 56.8 Å². The van der Waals surface area contributed by atoms with Gasteiger partial charge in [0.05, 0.1) is 0 Å². The van der Waals surface area contributed by atoms with Crippen molar-refractivity contribution in [2.45, 2.75) is 77.3 Å². The summed E-state index contributed by atoms with van der Waals surface area (Å²) in [6.07, 6.45) is 4.30. The van der Waals surface area contributed by atoms with Crippen LogP contribution in [0.15, 0.2) is 47.4 Å². The summed E-state index contributed by atoms with van der Waals surface area (Å²) in [5.74, 6) is 2.08. The summed E-state index contributed by atoms with van der Waals surface area (Å²) in [6.45, 7) is 13.4. The van der Waals surface area contributed by atoms with Crippen molar-refractivity contribution in [3.8, 4) is 5.75 Å². The standard InChI is InChI=1S/C26H36N2O2S.C2H6/c1-4-19-5-7-21(8-6-19)28(17-18(2)3)31-22-9-10-25-23(15-22)24(27)16-26(30-25)20-11-13-29-14-12-20;1-2/h5-10,15,18,20,24,26H,4,11-14,16-17,27H2,1-3H3;1-2H3. The van der Waals surface area contributed by atoms with Gasteiger partial charge in [-0.25, -0.2) is 0 Å². The number of nitrogens with zero attached hydrogens (tertiary/aromatic N) is 1. The highest BCUT2D eigenvalue weighted by atomic mass is 32.2. The molecule has 5 heteroatoms. The average molecular weight is 471 g/mol. The van der Waals surface area contributed by atoms with Crippen LogP contribution in [-0.2, 0) is 11.2 Å². The first-order chi connectivity index (χ1) is 16.0. The van der Waals surface area contributed by atoms with E-state index in [4.69, 9.17) is 15.2 Å². The Bertz CT molecular complexity index is 849. The monoisotopic (exact) mass is 470 g/mol. The number of hydrogen-bond acceptors (Lipinski definition) is 5. The SMILES string of the molecule is CC.CCc1ccc(N(CC(C)C)Sc2ccc3c(c2)C(N)CC(C2CCOCC2)O3)cc1. The highest BCUT2D eigenvalue weighted by Crippen LogP contribution is 2.41. The summed E-state index contributed by atoms with van der Waals surface area (Å²) in [6, 6.07) is 15.5. The van der Waals surface area contributed by atoms with Crippen LogP contribution in [0.1, 0.15) is 71.0 Å². The van der Waals surface area contributed by atoms with Gasteiger partial charge in [0.2, 0.25) is 0 Å². The number of nitrogens with two attached hydrogens (primary N) is 1. The molecule has 0 radical (unpaired) electrons. The minimum atomic E-state index is 0.0273. The Morgan fingerprint density at radius 2 is 1.76 bits per heavy atom. The molecule has 0 amide bonds. The van der Waals surface area contributed by atoms with Gasteiger partial charge in [-0.1, -0.05) is 46.8 Å². The molecule has 1 fully saturated rings. The average Bonchev–Trinajstić information content (AvgIpc) is 2.85. The third-order valence-electron chi connectivity index (χ3n) is 6.32. The van der Waals surface area contributed by atoms with Gasteiger partial charge >= 0.3 is 0 Å². The Kier molecular flexibility index (Phi) is 9.96. The van der Waals surface area contributed by atoms with E-state index in [1.54, 1.807) is 11.9 Å². The zero-order valence-electron chi connectivity index (χ0n) is 21.0. The van der Waals surface area contributed by atoms with E-state index in [9.17, 15) is 0 Å². The molecule has 1 saturated heterocycles. The van der Waals surface area contributed by atoms with Gasteiger partial charge in [0.25, 0.3) is 0 Å². The molecule has 2 aromatic carbocycles. The minimum Gasteiger partial charge on any atom is -0.490 e. The highest BCUT2D eigenvalue weighted by molar-refractivity contribution is 8.00. The highest BCUT2D eigenvalue weighted by Gasteiger charge is 2.33. The number of aryl methyl sites for hydroxylation is 1. The quantitative estimate of drug-likeness (QED) is 0.441. The van der Waals surface area contributed by atoms with E-state index in [-0.39, 0.29) is 12.1 Å². The lowest BCUT2D eigenvalue weighted by Crippen LogP contribution is -2.37. The first kappa shape index (κ1) is 25.9. The maximum Gasteiger partial charge on any atom is 0.124 e. The molecule has 4 rings (SSSR count). The molecule has 33 heavy (non-hydrogen) atoms.